The van der Waals surface area contributed by atoms with E-state index in [-0.39, 0.29) is 18.1 Å². The average molecular weight is 219 g/mol. The van der Waals surface area contributed by atoms with E-state index in [0.717, 1.165) is 13.1 Å². The normalized spacial score (nSPS) is 28.1. The molecule has 0 radical (unpaired) electrons. The van der Waals surface area contributed by atoms with Crippen LogP contribution in [0.4, 0.5) is 0 Å². The van der Waals surface area contributed by atoms with Crippen molar-refractivity contribution >= 4 is 5.91 Å². The first-order valence-electron chi connectivity index (χ1n) is 5.37. The van der Waals surface area contributed by atoms with E-state index in [0.29, 0.717) is 11.4 Å². The van der Waals surface area contributed by atoms with Crippen LogP contribution in [0.3, 0.4) is 0 Å². The number of pyridine rings is 1. The summed E-state index contributed by atoms with van der Waals surface area (Å²) in [5, 5.41) is 3.23. The van der Waals surface area contributed by atoms with E-state index < -0.39 is 0 Å². The molecule has 2 aliphatic rings. The number of aromatic nitrogens is 1. The molecule has 0 aromatic carbocycles. The van der Waals surface area contributed by atoms with Gasteiger partial charge in [0.05, 0.1) is 6.04 Å². The summed E-state index contributed by atoms with van der Waals surface area (Å²) in [6, 6.07) is 3.62. The molecule has 1 N–H and O–H groups in total. The third-order valence-electron chi connectivity index (χ3n) is 3.21. The second kappa shape index (κ2) is 3.45. The zero-order chi connectivity index (χ0) is 11.1. The number of carbonyl (C=O) groups is 1. The summed E-state index contributed by atoms with van der Waals surface area (Å²) in [6.45, 7) is 1.54. The van der Waals surface area contributed by atoms with Gasteiger partial charge in [0.15, 0.2) is 0 Å². The number of rotatable bonds is 0. The molecule has 1 aromatic rings. The lowest BCUT2D eigenvalue weighted by molar-refractivity contribution is 0.0681. The Morgan fingerprint density at radius 1 is 1.56 bits per heavy atom. The minimum absolute atomic E-state index is 0.00472. The van der Waals surface area contributed by atoms with Crippen LogP contribution >= 0.6 is 0 Å². The number of nitrogens with one attached hydrogen (secondary N) is 1. The third kappa shape index (κ3) is 1.28. The second-order valence-corrected chi connectivity index (χ2v) is 4.15. The molecule has 0 bridgehead atoms. The summed E-state index contributed by atoms with van der Waals surface area (Å²) in [4.78, 5) is 18.0. The maximum absolute atomic E-state index is 12.2. The van der Waals surface area contributed by atoms with Crippen LogP contribution in [0.5, 0.6) is 5.88 Å². The van der Waals surface area contributed by atoms with Crippen LogP contribution in [-0.4, -0.2) is 48.1 Å². The van der Waals surface area contributed by atoms with Crippen molar-refractivity contribution < 1.29 is 9.53 Å². The minimum Gasteiger partial charge on any atom is -0.470 e. The fourth-order valence-electron chi connectivity index (χ4n) is 2.28. The van der Waals surface area contributed by atoms with E-state index >= 15 is 0 Å². The fraction of sp³-hybridized carbons (Fsp3) is 0.455. The van der Waals surface area contributed by atoms with E-state index in [9.17, 15) is 4.79 Å². The lowest BCUT2D eigenvalue weighted by Crippen LogP contribution is -2.44. The molecule has 3 rings (SSSR count). The summed E-state index contributed by atoms with van der Waals surface area (Å²) in [5.41, 5.74) is 0.555. The summed E-state index contributed by atoms with van der Waals surface area (Å²) < 4.78 is 5.79. The van der Waals surface area contributed by atoms with Crippen molar-refractivity contribution in [3.05, 3.63) is 23.9 Å². The van der Waals surface area contributed by atoms with Gasteiger partial charge in [0.25, 0.3) is 5.91 Å². The van der Waals surface area contributed by atoms with Crippen LogP contribution in [0.1, 0.15) is 10.4 Å². The number of hydrogen-bond acceptors (Lipinski definition) is 4. The van der Waals surface area contributed by atoms with Gasteiger partial charge >= 0.3 is 0 Å². The first-order valence-corrected chi connectivity index (χ1v) is 5.37. The highest BCUT2D eigenvalue weighted by molar-refractivity contribution is 5.96. The van der Waals surface area contributed by atoms with Crippen LogP contribution in [0.2, 0.25) is 0 Å². The van der Waals surface area contributed by atoms with Crippen LogP contribution in [0.15, 0.2) is 18.3 Å². The molecule has 1 saturated heterocycles. The maximum atomic E-state index is 12.2. The zero-order valence-corrected chi connectivity index (χ0v) is 9.01. The molecule has 16 heavy (non-hydrogen) atoms. The van der Waals surface area contributed by atoms with Gasteiger partial charge in [-0.15, -0.1) is 0 Å². The molecule has 2 unspecified atom stereocenters. The Morgan fingerprint density at radius 3 is 3.31 bits per heavy atom. The third-order valence-corrected chi connectivity index (χ3v) is 3.21. The highest BCUT2D eigenvalue weighted by Gasteiger charge is 2.39. The molecule has 84 valence electrons. The van der Waals surface area contributed by atoms with Gasteiger partial charge < -0.3 is 15.0 Å². The molecule has 1 amide bonds. The first kappa shape index (κ1) is 9.59. The van der Waals surface area contributed by atoms with Crippen molar-refractivity contribution in [1.29, 1.82) is 0 Å². The van der Waals surface area contributed by atoms with Gasteiger partial charge in [-0.3, -0.25) is 4.79 Å². The Kier molecular flexibility index (Phi) is 2.07. The lowest BCUT2D eigenvalue weighted by atomic mass is 10.2. The summed E-state index contributed by atoms with van der Waals surface area (Å²) in [5.74, 6) is 0.440. The average Bonchev–Trinajstić information content (AvgIpc) is 2.72. The smallest absolute Gasteiger partial charge is 0.259 e. The van der Waals surface area contributed by atoms with Crippen molar-refractivity contribution in [3.8, 4) is 5.88 Å². The molecular formula is C11H13N3O2. The van der Waals surface area contributed by atoms with Crippen LogP contribution in [-0.2, 0) is 0 Å². The van der Waals surface area contributed by atoms with E-state index in [1.165, 1.54) is 0 Å². The Morgan fingerprint density at radius 2 is 2.44 bits per heavy atom. The molecule has 0 saturated carbocycles. The van der Waals surface area contributed by atoms with Crippen molar-refractivity contribution in [3.63, 3.8) is 0 Å². The number of likely N-dealkylation sites (N-methyl/N-ethyl adjacent to an activating group) is 1. The van der Waals surface area contributed by atoms with Gasteiger partial charge in [0.1, 0.15) is 11.7 Å². The van der Waals surface area contributed by atoms with Crippen molar-refractivity contribution in [2.45, 2.75) is 12.1 Å². The molecule has 0 spiro atoms. The van der Waals surface area contributed by atoms with Gasteiger partial charge in [-0.1, -0.05) is 0 Å². The van der Waals surface area contributed by atoms with Gasteiger partial charge in [-0.05, 0) is 12.1 Å². The SMILES string of the molecule is CN1C(=O)c2cccnc2OC2CNCC21. The Bertz CT molecular complexity index is 435. The zero-order valence-electron chi connectivity index (χ0n) is 9.01. The molecule has 2 aliphatic heterocycles. The monoisotopic (exact) mass is 219 g/mol. The molecule has 0 aliphatic carbocycles. The van der Waals surface area contributed by atoms with Gasteiger partial charge in [-0.2, -0.15) is 0 Å². The standard InChI is InChI=1S/C11H13N3O2/c1-14-8-5-12-6-9(8)16-10-7(11(14)15)3-2-4-13-10/h2-4,8-9,12H,5-6H2,1H3. The number of ether oxygens (including phenoxy) is 1. The van der Waals surface area contributed by atoms with Crippen molar-refractivity contribution in [2.75, 3.05) is 20.1 Å². The highest BCUT2D eigenvalue weighted by atomic mass is 16.5. The maximum Gasteiger partial charge on any atom is 0.259 e. The Labute approximate surface area is 93.4 Å². The predicted octanol–water partition coefficient (Wildman–Crippen LogP) is -0.114. The van der Waals surface area contributed by atoms with E-state index in [2.05, 4.69) is 10.3 Å². The Hall–Kier alpha value is -1.62. The second-order valence-electron chi connectivity index (χ2n) is 4.15. The number of amides is 1. The number of hydrogen-bond donors (Lipinski definition) is 1. The van der Waals surface area contributed by atoms with Crippen molar-refractivity contribution in [1.82, 2.24) is 15.2 Å². The quantitative estimate of drug-likeness (QED) is 0.661. The summed E-state index contributed by atoms with van der Waals surface area (Å²) >= 11 is 0. The van der Waals surface area contributed by atoms with Gasteiger partial charge in [0, 0.05) is 26.3 Å². The fourth-order valence-corrected chi connectivity index (χ4v) is 2.28. The lowest BCUT2D eigenvalue weighted by Gasteiger charge is -2.24. The Balaban J connectivity index is 2.07. The van der Waals surface area contributed by atoms with Crippen LogP contribution in [0, 0.1) is 0 Å². The van der Waals surface area contributed by atoms with Gasteiger partial charge in [-0.25, -0.2) is 4.98 Å². The minimum atomic E-state index is -0.0145. The van der Waals surface area contributed by atoms with Crippen LogP contribution in [0.25, 0.3) is 0 Å². The van der Waals surface area contributed by atoms with E-state index in [1.54, 1.807) is 23.2 Å². The summed E-state index contributed by atoms with van der Waals surface area (Å²) in [6.07, 6.45) is 1.65. The summed E-state index contributed by atoms with van der Waals surface area (Å²) in [7, 11) is 1.82. The largest absolute Gasteiger partial charge is 0.470 e. The number of nitrogens with zero attached hydrogens (tertiary/aromatic N) is 2. The van der Waals surface area contributed by atoms with Gasteiger partial charge in [0.2, 0.25) is 5.88 Å². The molecule has 1 aromatic heterocycles. The molecule has 2 atom stereocenters. The van der Waals surface area contributed by atoms with Crippen molar-refractivity contribution in [2.24, 2.45) is 0 Å². The predicted molar refractivity (Wildman–Crippen MR) is 57.4 cm³/mol. The number of fused-ring (bicyclic) bond motifs is 2. The molecule has 3 heterocycles. The van der Waals surface area contributed by atoms with E-state index in [1.807, 2.05) is 7.05 Å². The molecular weight excluding hydrogens is 206 g/mol. The molecule has 5 nitrogen and oxygen atoms in total. The molecule has 1 fully saturated rings. The van der Waals surface area contributed by atoms with Crippen LogP contribution < -0.4 is 10.1 Å². The number of carbonyl (C=O) groups excluding carboxylic acids is 1. The first-order chi connectivity index (χ1) is 7.77. The molecule has 5 heteroatoms. The topological polar surface area (TPSA) is 54.5 Å². The van der Waals surface area contributed by atoms with E-state index in [4.69, 9.17) is 4.74 Å². The highest BCUT2D eigenvalue weighted by Crippen LogP contribution is 2.25.